The molecule has 2 aromatic rings. The molecule has 0 aliphatic carbocycles. The second-order valence-corrected chi connectivity index (χ2v) is 5.78. The molecule has 0 radical (unpaired) electrons. The van der Waals surface area contributed by atoms with E-state index in [0.717, 1.165) is 10.0 Å². The van der Waals surface area contributed by atoms with E-state index < -0.39 is 0 Å². The Morgan fingerprint density at radius 3 is 2.58 bits per heavy atom. The van der Waals surface area contributed by atoms with Gasteiger partial charge in [-0.25, -0.2) is 4.39 Å². The second-order valence-electron chi connectivity index (χ2n) is 4.01. The number of rotatable bonds is 2. The molecule has 0 amide bonds. The molecule has 0 atom stereocenters. The Labute approximate surface area is 127 Å². The highest BCUT2D eigenvalue weighted by molar-refractivity contribution is 9.10. The highest BCUT2D eigenvalue weighted by atomic mass is 79.9. The smallest absolute Gasteiger partial charge is 0.139 e. The van der Waals surface area contributed by atoms with Crippen molar-refractivity contribution in [3.8, 4) is 6.07 Å². The molecule has 0 aliphatic rings. The van der Waals surface area contributed by atoms with Crippen LogP contribution < -0.4 is 5.32 Å². The molecule has 2 aromatic carbocycles. The van der Waals surface area contributed by atoms with Crippen LogP contribution >= 0.6 is 31.9 Å². The van der Waals surface area contributed by atoms with E-state index in [1.807, 2.05) is 13.0 Å². The Morgan fingerprint density at radius 2 is 1.89 bits per heavy atom. The predicted octanol–water partition coefficient (Wildman–Crippen LogP) is 5.27. The fourth-order valence-corrected chi connectivity index (χ4v) is 2.46. The summed E-state index contributed by atoms with van der Waals surface area (Å²) in [6, 6.07) is 10.5. The molecule has 0 aromatic heterocycles. The van der Waals surface area contributed by atoms with Crippen LogP contribution in [0.25, 0.3) is 0 Å². The summed E-state index contributed by atoms with van der Waals surface area (Å²) in [5.41, 5.74) is 2.67. The van der Waals surface area contributed by atoms with E-state index in [2.05, 4.69) is 43.2 Å². The van der Waals surface area contributed by atoms with Gasteiger partial charge in [0.05, 0.1) is 15.7 Å². The van der Waals surface area contributed by atoms with Gasteiger partial charge in [0.15, 0.2) is 0 Å². The van der Waals surface area contributed by atoms with Gasteiger partial charge in [-0.1, -0.05) is 15.9 Å². The first-order valence-electron chi connectivity index (χ1n) is 5.43. The Hall–Kier alpha value is -1.38. The van der Waals surface area contributed by atoms with Crippen LogP contribution in [0.1, 0.15) is 11.1 Å². The van der Waals surface area contributed by atoms with Crippen molar-refractivity contribution in [1.29, 1.82) is 5.26 Å². The second kappa shape index (κ2) is 5.72. The van der Waals surface area contributed by atoms with Gasteiger partial charge in [-0.05, 0) is 58.7 Å². The maximum atomic E-state index is 13.5. The zero-order chi connectivity index (χ0) is 14.0. The number of nitriles is 1. The summed E-state index contributed by atoms with van der Waals surface area (Å²) in [6.45, 7) is 1.87. The number of hydrogen-bond acceptors (Lipinski definition) is 2. The van der Waals surface area contributed by atoms with Gasteiger partial charge < -0.3 is 5.32 Å². The average molecular weight is 384 g/mol. The summed E-state index contributed by atoms with van der Waals surface area (Å²) < 4.78 is 14.8. The molecule has 0 unspecified atom stereocenters. The van der Waals surface area contributed by atoms with Gasteiger partial charge in [0.2, 0.25) is 0 Å². The number of nitrogens with zero attached hydrogens (tertiary/aromatic N) is 1. The van der Waals surface area contributed by atoms with E-state index in [0.29, 0.717) is 21.4 Å². The highest BCUT2D eigenvalue weighted by Gasteiger charge is 2.08. The number of hydrogen-bond donors (Lipinski definition) is 1. The number of nitrogens with one attached hydrogen (secondary N) is 1. The van der Waals surface area contributed by atoms with Crippen molar-refractivity contribution in [2.24, 2.45) is 0 Å². The van der Waals surface area contributed by atoms with Crippen LogP contribution in [0.2, 0.25) is 0 Å². The number of aryl methyl sites for hydroxylation is 1. The summed E-state index contributed by atoms with van der Waals surface area (Å²) in [5, 5.41) is 12.2. The lowest BCUT2D eigenvalue weighted by atomic mass is 10.1. The molecule has 0 heterocycles. The minimum atomic E-state index is -0.344. The first-order valence-corrected chi connectivity index (χ1v) is 7.02. The first-order chi connectivity index (χ1) is 9.01. The molecule has 0 spiro atoms. The van der Waals surface area contributed by atoms with Crippen molar-refractivity contribution in [3.05, 3.63) is 56.2 Å². The van der Waals surface area contributed by atoms with E-state index in [1.165, 1.54) is 6.07 Å². The van der Waals surface area contributed by atoms with Crippen molar-refractivity contribution in [2.45, 2.75) is 6.92 Å². The molecule has 5 heteroatoms. The van der Waals surface area contributed by atoms with E-state index in [4.69, 9.17) is 5.26 Å². The standard InChI is InChI=1S/C14H9Br2FN2/c1-8-4-11(16)12(17)6-14(8)19-13-3-2-10(15)5-9(13)7-18/h2-6,19H,1H3. The van der Waals surface area contributed by atoms with Gasteiger partial charge in [0.1, 0.15) is 11.9 Å². The summed E-state index contributed by atoms with van der Waals surface area (Å²) in [4.78, 5) is 0. The Kier molecular flexibility index (Phi) is 4.23. The zero-order valence-electron chi connectivity index (χ0n) is 9.97. The maximum Gasteiger partial charge on any atom is 0.139 e. The molecule has 0 bridgehead atoms. The van der Waals surface area contributed by atoms with E-state index in [1.54, 1.807) is 18.2 Å². The van der Waals surface area contributed by atoms with Crippen LogP contribution in [-0.2, 0) is 0 Å². The van der Waals surface area contributed by atoms with Gasteiger partial charge >= 0.3 is 0 Å². The fraction of sp³-hybridized carbons (Fsp3) is 0.0714. The van der Waals surface area contributed by atoms with Gasteiger partial charge in [-0.3, -0.25) is 0 Å². The molecule has 0 saturated carbocycles. The minimum Gasteiger partial charge on any atom is -0.354 e. The average Bonchev–Trinajstić information content (AvgIpc) is 2.37. The van der Waals surface area contributed by atoms with E-state index in [-0.39, 0.29) is 5.82 Å². The zero-order valence-corrected chi connectivity index (χ0v) is 13.1. The Bertz CT molecular complexity index is 678. The van der Waals surface area contributed by atoms with Gasteiger partial charge in [0, 0.05) is 10.2 Å². The van der Waals surface area contributed by atoms with Crippen molar-refractivity contribution in [2.75, 3.05) is 5.32 Å². The third kappa shape index (κ3) is 3.14. The lowest BCUT2D eigenvalue weighted by Crippen LogP contribution is -1.97. The number of anilines is 2. The number of benzene rings is 2. The van der Waals surface area contributed by atoms with Crippen LogP contribution in [-0.4, -0.2) is 0 Å². The maximum absolute atomic E-state index is 13.5. The molecule has 2 rings (SSSR count). The monoisotopic (exact) mass is 382 g/mol. The van der Waals surface area contributed by atoms with Crippen LogP contribution in [0.15, 0.2) is 39.3 Å². The topological polar surface area (TPSA) is 35.8 Å². The van der Waals surface area contributed by atoms with Crippen molar-refractivity contribution >= 4 is 43.2 Å². The lowest BCUT2D eigenvalue weighted by molar-refractivity contribution is 0.621. The predicted molar refractivity (Wildman–Crippen MR) is 81.0 cm³/mol. The van der Waals surface area contributed by atoms with Crippen LogP contribution in [0, 0.1) is 24.1 Å². The summed E-state index contributed by atoms with van der Waals surface area (Å²) in [6.07, 6.45) is 0. The summed E-state index contributed by atoms with van der Waals surface area (Å²) in [5.74, 6) is -0.344. The van der Waals surface area contributed by atoms with Crippen LogP contribution in [0.4, 0.5) is 15.8 Å². The van der Waals surface area contributed by atoms with Crippen LogP contribution in [0.3, 0.4) is 0 Å². The summed E-state index contributed by atoms with van der Waals surface area (Å²) in [7, 11) is 0. The molecular formula is C14H9Br2FN2. The molecule has 1 N–H and O–H groups in total. The van der Waals surface area contributed by atoms with Crippen LogP contribution in [0.5, 0.6) is 0 Å². The third-order valence-corrected chi connectivity index (χ3v) is 3.74. The summed E-state index contributed by atoms with van der Waals surface area (Å²) >= 11 is 6.46. The first kappa shape index (κ1) is 14.0. The van der Waals surface area contributed by atoms with Crippen molar-refractivity contribution in [1.82, 2.24) is 0 Å². The van der Waals surface area contributed by atoms with Gasteiger partial charge in [0.25, 0.3) is 0 Å². The molecular weight excluding hydrogens is 375 g/mol. The largest absolute Gasteiger partial charge is 0.354 e. The minimum absolute atomic E-state index is 0.344. The Balaban J connectivity index is 2.42. The number of halogens is 3. The molecule has 0 saturated heterocycles. The Morgan fingerprint density at radius 1 is 1.16 bits per heavy atom. The van der Waals surface area contributed by atoms with Gasteiger partial charge in [-0.2, -0.15) is 5.26 Å². The molecule has 0 fully saturated rings. The molecule has 96 valence electrons. The SMILES string of the molecule is Cc1cc(Br)c(F)cc1Nc1ccc(Br)cc1C#N. The van der Waals surface area contributed by atoms with Gasteiger partial charge in [-0.15, -0.1) is 0 Å². The molecule has 0 aliphatic heterocycles. The molecule has 19 heavy (non-hydrogen) atoms. The van der Waals surface area contributed by atoms with Crippen molar-refractivity contribution in [3.63, 3.8) is 0 Å². The fourth-order valence-electron chi connectivity index (χ4n) is 1.64. The molecule has 2 nitrogen and oxygen atoms in total. The normalized spacial score (nSPS) is 10.1. The highest BCUT2D eigenvalue weighted by Crippen LogP contribution is 2.29. The lowest BCUT2D eigenvalue weighted by Gasteiger charge is -2.12. The van der Waals surface area contributed by atoms with E-state index in [9.17, 15) is 4.39 Å². The quantitative estimate of drug-likeness (QED) is 0.766. The van der Waals surface area contributed by atoms with E-state index >= 15 is 0 Å². The third-order valence-electron chi connectivity index (χ3n) is 2.64. The van der Waals surface area contributed by atoms with Crippen molar-refractivity contribution < 1.29 is 4.39 Å².